The number of hydrogen-bond acceptors (Lipinski definition) is 1. The molecule has 152 valence electrons. The fourth-order valence-electron chi connectivity index (χ4n) is 4.88. The van der Waals surface area contributed by atoms with Crippen LogP contribution in [-0.4, -0.2) is 15.6 Å². The monoisotopic (exact) mass is 429 g/mol. The lowest BCUT2D eigenvalue weighted by Crippen LogP contribution is -2.18. The van der Waals surface area contributed by atoms with E-state index < -0.39 is 11.9 Å². The second-order valence-electron chi connectivity index (χ2n) is 7.94. The zero-order chi connectivity index (χ0) is 20.5. The number of benzene rings is 2. The van der Waals surface area contributed by atoms with Crippen LogP contribution in [0.15, 0.2) is 42.5 Å². The van der Waals surface area contributed by atoms with Gasteiger partial charge in [-0.05, 0) is 68.2 Å². The summed E-state index contributed by atoms with van der Waals surface area (Å²) in [4.78, 5) is 11.8. The molecule has 2 unspecified atom stereocenters. The van der Waals surface area contributed by atoms with E-state index in [0.717, 1.165) is 48.7 Å². The summed E-state index contributed by atoms with van der Waals surface area (Å²) in [7, 11) is 0. The molecule has 0 bridgehead atoms. The Morgan fingerprint density at radius 2 is 2.00 bits per heavy atom. The molecule has 0 saturated carbocycles. The molecule has 5 heteroatoms. The number of carboxylic acids is 1. The first-order valence-electron chi connectivity index (χ1n) is 10.3. The van der Waals surface area contributed by atoms with Crippen LogP contribution in [0.1, 0.15) is 48.9 Å². The van der Waals surface area contributed by atoms with Crippen molar-refractivity contribution in [1.82, 2.24) is 4.57 Å². The maximum absolute atomic E-state index is 11.8. The molecule has 0 spiro atoms. The van der Waals surface area contributed by atoms with Crippen LogP contribution in [0.5, 0.6) is 0 Å². The Kier molecular flexibility index (Phi) is 5.89. The van der Waals surface area contributed by atoms with Crippen molar-refractivity contribution in [1.29, 1.82) is 0 Å². The summed E-state index contributed by atoms with van der Waals surface area (Å²) in [5.74, 6) is -0.714. The summed E-state index contributed by atoms with van der Waals surface area (Å²) < 4.78 is 2.32. The van der Waals surface area contributed by atoms with Gasteiger partial charge in [-0.15, -0.1) is 0 Å². The minimum absolute atomic E-state index is 0.446. The average Bonchev–Trinajstić information content (AvgIpc) is 3.02. The van der Waals surface area contributed by atoms with Crippen molar-refractivity contribution in [3.05, 3.63) is 69.3 Å². The lowest BCUT2D eigenvalue weighted by Gasteiger charge is -2.25. The first-order valence-corrected chi connectivity index (χ1v) is 11.0. The zero-order valence-electron chi connectivity index (χ0n) is 16.5. The Labute approximate surface area is 181 Å². The number of aromatic nitrogens is 1. The molecular formula is C24H25Cl2NO2. The van der Waals surface area contributed by atoms with Gasteiger partial charge in [0.1, 0.15) is 0 Å². The van der Waals surface area contributed by atoms with Gasteiger partial charge in [0.05, 0.1) is 16.5 Å². The summed E-state index contributed by atoms with van der Waals surface area (Å²) in [6.45, 7) is 3.03. The van der Waals surface area contributed by atoms with Crippen molar-refractivity contribution in [2.24, 2.45) is 5.92 Å². The van der Waals surface area contributed by atoms with Gasteiger partial charge in [0, 0.05) is 22.6 Å². The van der Waals surface area contributed by atoms with Gasteiger partial charge in [-0.2, -0.15) is 0 Å². The molecule has 4 rings (SSSR count). The first kappa shape index (κ1) is 20.3. The van der Waals surface area contributed by atoms with E-state index in [1.165, 1.54) is 11.3 Å². The van der Waals surface area contributed by atoms with E-state index in [-0.39, 0.29) is 0 Å². The van der Waals surface area contributed by atoms with E-state index in [9.17, 15) is 9.90 Å². The van der Waals surface area contributed by atoms with Crippen molar-refractivity contribution in [2.45, 2.75) is 51.5 Å². The third-order valence-electron chi connectivity index (χ3n) is 6.26. The summed E-state index contributed by atoms with van der Waals surface area (Å²) in [5.41, 5.74) is 4.67. The largest absolute Gasteiger partial charge is 0.481 e. The molecule has 1 N–H and O–H groups in total. The van der Waals surface area contributed by atoms with Crippen molar-refractivity contribution < 1.29 is 9.90 Å². The summed E-state index contributed by atoms with van der Waals surface area (Å²) in [6.07, 6.45) is 4.59. The summed E-state index contributed by atoms with van der Waals surface area (Å²) in [5, 5.41) is 12.2. The van der Waals surface area contributed by atoms with Crippen molar-refractivity contribution in [2.75, 3.05) is 0 Å². The first-order chi connectivity index (χ1) is 14.0. The SMILES string of the molecule is CCn1c2c(c3cc(Cl)cc(Cl)c31)CC(CCC(C(=O)O)c1ccccc1)CC2. The van der Waals surface area contributed by atoms with Crippen LogP contribution in [0.25, 0.3) is 10.9 Å². The molecule has 0 saturated heterocycles. The van der Waals surface area contributed by atoms with Gasteiger partial charge in [0.2, 0.25) is 0 Å². The number of aryl methyl sites for hydroxylation is 1. The average molecular weight is 430 g/mol. The van der Waals surface area contributed by atoms with Crippen LogP contribution in [0.4, 0.5) is 0 Å². The van der Waals surface area contributed by atoms with Crippen LogP contribution >= 0.6 is 23.2 Å². The van der Waals surface area contributed by atoms with Gasteiger partial charge >= 0.3 is 5.97 Å². The minimum atomic E-state index is -0.742. The third-order valence-corrected chi connectivity index (χ3v) is 6.77. The summed E-state index contributed by atoms with van der Waals surface area (Å²) >= 11 is 12.8. The van der Waals surface area contributed by atoms with Crippen LogP contribution in [0.3, 0.4) is 0 Å². The molecule has 0 aliphatic heterocycles. The van der Waals surface area contributed by atoms with Crippen LogP contribution in [0, 0.1) is 5.92 Å². The van der Waals surface area contributed by atoms with E-state index >= 15 is 0 Å². The fraction of sp³-hybridized carbons (Fsp3) is 0.375. The number of aliphatic carboxylic acids is 1. The normalized spacial score (nSPS) is 17.3. The molecular weight excluding hydrogens is 405 g/mol. The highest BCUT2D eigenvalue weighted by atomic mass is 35.5. The highest BCUT2D eigenvalue weighted by Crippen LogP contribution is 2.40. The van der Waals surface area contributed by atoms with E-state index in [1.54, 1.807) is 0 Å². The van der Waals surface area contributed by atoms with E-state index in [0.29, 0.717) is 22.4 Å². The Bertz CT molecular complexity index is 1040. The molecule has 1 aromatic heterocycles. The van der Waals surface area contributed by atoms with Crippen molar-refractivity contribution in [3.8, 4) is 0 Å². The highest BCUT2D eigenvalue weighted by molar-refractivity contribution is 6.38. The maximum atomic E-state index is 11.8. The molecule has 2 aromatic carbocycles. The zero-order valence-corrected chi connectivity index (χ0v) is 18.0. The maximum Gasteiger partial charge on any atom is 0.310 e. The van der Waals surface area contributed by atoms with Crippen LogP contribution in [0.2, 0.25) is 10.0 Å². The Morgan fingerprint density at radius 1 is 1.24 bits per heavy atom. The van der Waals surface area contributed by atoms with Gasteiger partial charge in [-0.1, -0.05) is 53.5 Å². The van der Waals surface area contributed by atoms with Gasteiger partial charge in [0.15, 0.2) is 0 Å². The van der Waals surface area contributed by atoms with Crippen molar-refractivity contribution in [3.63, 3.8) is 0 Å². The molecule has 1 aliphatic carbocycles. The van der Waals surface area contributed by atoms with Gasteiger partial charge in [-0.25, -0.2) is 0 Å². The number of nitrogens with zero attached hydrogens (tertiary/aromatic N) is 1. The quantitative estimate of drug-likeness (QED) is 0.472. The van der Waals surface area contributed by atoms with Gasteiger partial charge < -0.3 is 9.67 Å². The second-order valence-corrected chi connectivity index (χ2v) is 8.78. The van der Waals surface area contributed by atoms with Gasteiger partial charge in [0.25, 0.3) is 0 Å². The van der Waals surface area contributed by atoms with Crippen LogP contribution in [-0.2, 0) is 24.2 Å². The molecule has 2 atom stereocenters. The number of rotatable bonds is 6. The Balaban J connectivity index is 1.58. The number of halogens is 2. The second kappa shape index (κ2) is 8.41. The number of carboxylic acid groups (broad SMARTS) is 1. The number of carbonyl (C=O) groups is 1. The molecule has 1 aliphatic rings. The smallest absolute Gasteiger partial charge is 0.310 e. The molecule has 0 amide bonds. The molecule has 29 heavy (non-hydrogen) atoms. The topological polar surface area (TPSA) is 42.2 Å². The number of fused-ring (bicyclic) bond motifs is 3. The Morgan fingerprint density at radius 3 is 2.69 bits per heavy atom. The number of hydrogen-bond donors (Lipinski definition) is 1. The Hall–Kier alpha value is -1.97. The molecule has 3 aromatic rings. The van der Waals surface area contributed by atoms with Crippen molar-refractivity contribution >= 4 is 40.1 Å². The minimum Gasteiger partial charge on any atom is -0.481 e. The standard InChI is InChI=1S/C24H25Cl2NO2/c1-2-27-22-11-9-15(8-10-18(24(28)29)16-6-4-3-5-7-16)12-19(22)20-13-17(25)14-21(26)23(20)27/h3-7,13-15,18H,2,8-12H2,1H3,(H,28,29). The summed E-state index contributed by atoms with van der Waals surface area (Å²) in [6, 6.07) is 13.4. The van der Waals surface area contributed by atoms with Crippen LogP contribution < -0.4 is 0 Å². The molecule has 1 heterocycles. The van der Waals surface area contributed by atoms with E-state index in [1.807, 2.05) is 42.5 Å². The predicted octanol–water partition coefficient (Wildman–Crippen LogP) is 6.72. The lowest BCUT2D eigenvalue weighted by atomic mass is 9.81. The van der Waals surface area contributed by atoms with E-state index in [4.69, 9.17) is 23.2 Å². The highest BCUT2D eigenvalue weighted by Gasteiger charge is 2.28. The van der Waals surface area contributed by atoms with E-state index in [2.05, 4.69) is 11.5 Å². The lowest BCUT2D eigenvalue weighted by molar-refractivity contribution is -0.139. The van der Waals surface area contributed by atoms with Gasteiger partial charge in [-0.3, -0.25) is 4.79 Å². The predicted molar refractivity (Wildman–Crippen MR) is 119 cm³/mol. The molecule has 0 radical (unpaired) electrons. The third kappa shape index (κ3) is 3.91. The molecule has 3 nitrogen and oxygen atoms in total. The molecule has 0 fully saturated rings. The fourth-order valence-corrected chi connectivity index (χ4v) is 5.48.